The van der Waals surface area contributed by atoms with Crippen LogP contribution in [0.4, 0.5) is 0 Å². The molecule has 2 aromatic rings. The lowest BCUT2D eigenvalue weighted by Crippen LogP contribution is -2.35. The summed E-state index contributed by atoms with van der Waals surface area (Å²) in [6, 6.07) is 19.7. The van der Waals surface area contributed by atoms with E-state index in [0.717, 1.165) is 25.2 Å². The van der Waals surface area contributed by atoms with Gasteiger partial charge in [0.15, 0.2) is 0 Å². The summed E-state index contributed by atoms with van der Waals surface area (Å²) in [5, 5.41) is 3.56. The van der Waals surface area contributed by atoms with E-state index in [0.29, 0.717) is 6.04 Å². The standard InChI is InChI=1S/C20H25NO/c1-2-6-17(7-3-1)16-18-9-11-20(12-10-18)22-15-13-19-8-4-5-14-21-19/h1-3,6-7,9-12,19,21H,4-5,8,13-16H2. The second-order valence-corrected chi connectivity index (χ2v) is 6.09. The Hall–Kier alpha value is -1.80. The number of piperidine rings is 1. The van der Waals surface area contributed by atoms with Crippen LogP contribution in [0.5, 0.6) is 5.75 Å². The third-order valence-electron chi connectivity index (χ3n) is 4.32. The molecule has 116 valence electrons. The molecule has 1 aliphatic rings. The fourth-order valence-electron chi connectivity index (χ4n) is 3.02. The van der Waals surface area contributed by atoms with Crippen molar-refractivity contribution in [3.63, 3.8) is 0 Å². The van der Waals surface area contributed by atoms with Crippen molar-refractivity contribution in [2.24, 2.45) is 0 Å². The predicted molar refractivity (Wildman–Crippen MR) is 91.4 cm³/mol. The van der Waals surface area contributed by atoms with Gasteiger partial charge in [-0.15, -0.1) is 0 Å². The van der Waals surface area contributed by atoms with Crippen LogP contribution in [0.3, 0.4) is 0 Å². The molecule has 1 fully saturated rings. The van der Waals surface area contributed by atoms with Gasteiger partial charge in [-0.05, 0) is 55.5 Å². The van der Waals surface area contributed by atoms with Crippen molar-refractivity contribution >= 4 is 0 Å². The minimum absolute atomic E-state index is 0.645. The number of rotatable bonds is 6. The van der Waals surface area contributed by atoms with Crippen molar-refractivity contribution in [1.29, 1.82) is 0 Å². The maximum absolute atomic E-state index is 5.87. The third-order valence-corrected chi connectivity index (χ3v) is 4.32. The Morgan fingerprint density at radius 2 is 1.68 bits per heavy atom. The van der Waals surface area contributed by atoms with E-state index in [1.54, 1.807) is 0 Å². The number of ether oxygens (including phenoxy) is 1. The fraction of sp³-hybridized carbons (Fsp3) is 0.400. The lowest BCUT2D eigenvalue weighted by atomic mass is 10.0. The molecule has 0 radical (unpaired) electrons. The molecule has 1 unspecified atom stereocenters. The maximum atomic E-state index is 5.87. The van der Waals surface area contributed by atoms with Gasteiger partial charge in [0.05, 0.1) is 6.61 Å². The molecule has 0 aromatic heterocycles. The van der Waals surface area contributed by atoms with Crippen LogP contribution >= 0.6 is 0 Å². The molecule has 1 N–H and O–H groups in total. The summed E-state index contributed by atoms with van der Waals surface area (Å²) >= 11 is 0. The van der Waals surface area contributed by atoms with Crippen molar-refractivity contribution in [1.82, 2.24) is 5.32 Å². The average molecular weight is 295 g/mol. The topological polar surface area (TPSA) is 21.3 Å². The van der Waals surface area contributed by atoms with Crippen LogP contribution in [0.15, 0.2) is 54.6 Å². The molecule has 2 heteroatoms. The van der Waals surface area contributed by atoms with E-state index in [9.17, 15) is 0 Å². The van der Waals surface area contributed by atoms with E-state index in [1.807, 2.05) is 0 Å². The van der Waals surface area contributed by atoms with Crippen LogP contribution in [-0.4, -0.2) is 19.2 Å². The van der Waals surface area contributed by atoms with Crippen molar-refractivity contribution < 1.29 is 4.74 Å². The van der Waals surface area contributed by atoms with Crippen molar-refractivity contribution in [3.05, 3.63) is 65.7 Å². The van der Waals surface area contributed by atoms with Crippen molar-refractivity contribution in [3.8, 4) is 5.75 Å². The Morgan fingerprint density at radius 1 is 0.909 bits per heavy atom. The normalized spacial score (nSPS) is 18.1. The van der Waals surface area contributed by atoms with E-state index in [-0.39, 0.29) is 0 Å². The number of hydrogen-bond donors (Lipinski definition) is 1. The molecule has 22 heavy (non-hydrogen) atoms. The minimum Gasteiger partial charge on any atom is -0.494 e. The second-order valence-electron chi connectivity index (χ2n) is 6.09. The van der Waals surface area contributed by atoms with Gasteiger partial charge in [0.2, 0.25) is 0 Å². The number of nitrogens with one attached hydrogen (secondary N) is 1. The van der Waals surface area contributed by atoms with Gasteiger partial charge in [-0.3, -0.25) is 0 Å². The van der Waals surface area contributed by atoms with Gasteiger partial charge >= 0.3 is 0 Å². The first-order valence-corrected chi connectivity index (χ1v) is 8.39. The molecule has 1 atom stereocenters. The molecule has 1 aliphatic heterocycles. The molecule has 2 nitrogen and oxygen atoms in total. The fourth-order valence-corrected chi connectivity index (χ4v) is 3.02. The molecule has 1 heterocycles. The highest BCUT2D eigenvalue weighted by atomic mass is 16.5. The molecule has 0 saturated carbocycles. The van der Waals surface area contributed by atoms with Gasteiger partial charge in [-0.25, -0.2) is 0 Å². The Balaban J connectivity index is 1.45. The first-order valence-electron chi connectivity index (χ1n) is 8.39. The highest BCUT2D eigenvalue weighted by Crippen LogP contribution is 2.16. The molecule has 0 aliphatic carbocycles. The summed E-state index contributed by atoms with van der Waals surface area (Å²) < 4.78 is 5.87. The van der Waals surface area contributed by atoms with Gasteiger partial charge in [-0.1, -0.05) is 48.9 Å². The Morgan fingerprint density at radius 3 is 2.41 bits per heavy atom. The van der Waals surface area contributed by atoms with E-state index in [4.69, 9.17) is 4.74 Å². The lowest BCUT2D eigenvalue weighted by Gasteiger charge is -2.23. The second kappa shape index (κ2) is 8.00. The largest absolute Gasteiger partial charge is 0.494 e. The van der Waals surface area contributed by atoms with E-state index >= 15 is 0 Å². The van der Waals surface area contributed by atoms with Crippen LogP contribution in [0.1, 0.15) is 36.8 Å². The molecule has 3 rings (SSSR count). The Kier molecular flexibility index (Phi) is 5.49. The Bertz CT molecular complexity index is 544. The molecular weight excluding hydrogens is 270 g/mol. The lowest BCUT2D eigenvalue weighted by molar-refractivity contribution is 0.268. The molecule has 0 amide bonds. The summed E-state index contributed by atoms with van der Waals surface area (Å²) in [7, 11) is 0. The average Bonchev–Trinajstić information content (AvgIpc) is 2.58. The summed E-state index contributed by atoms with van der Waals surface area (Å²) in [6.45, 7) is 1.97. The summed E-state index contributed by atoms with van der Waals surface area (Å²) in [5.41, 5.74) is 2.67. The summed E-state index contributed by atoms with van der Waals surface area (Å²) in [5.74, 6) is 0.979. The van der Waals surface area contributed by atoms with Crippen LogP contribution in [-0.2, 0) is 6.42 Å². The summed E-state index contributed by atoms with van der Waals surface area (Å²) in [4.78, 5) is 0. The van der Waals surface area contributed by atoms with Crippen LogP contribution in [0.25, 0.3) is 0 Å². The zero-order valence-electron chi connectivity index (χ0n) is 13.1. The molecule has 2 aromatic carbocycles. The summed E-state index contributed by atoms with van der Waals surface area (Å²) in [6.07, 6.45) is 6.05. The molecular formula is C20H25NO. The maximum Gasteiger partial charge on any atom is 0.119 e. The van der Waals surface area contributed by atoms with Crippen molar-refractivity contribution in [2.45, 2.75) is 38.1 Å². The van der Waals surface area contributed by atoms with Crippen molar-refractivity contribution in [2.75, 3.05) is 13.2 Å². The van der Waals surface area contributed by atoms with Crippen LogP contribution in [0.2, 0.25) is 0 Å². The molecule has 0 bridgehead atoms. The third kappa shape index (κ3) is 4.60. The van der Waals surface area contributed by atoms with Crippen LogP contribution < -0.4 is 10.1 Å². The number of benzene rings is 2. The predicted octanol–water partition coefficient (Wildman–Crippen LogP) is 4.19. The smallest absolute Gasteiger partial charge is 0.119 e. The molecule has 1 saturated heterocycles. The van der Waals surface area contributed by atoms with Gasteiger partial charge in [0, 0.05) is 6.04 Å². The zero-order valence-corrected chi connectivity index (χ0v) is 13.1. The Labute approximate surface area is 133 Å². The quantitative estimate of drug-likeness (QED) is 0.863. The molecule has 0 spiro atoms. The van der Waals surface area contributed by atoms with Gasteiger partial charge in [0.25, 0.3) is 0 Å². The van der Waals surface area contributed by atoms with E-state index < -0.39 is 0 Å². The highest BCUT2D eigenvalue weighted by Gasteiger charge is 2.11. The minimum atomic E-state index is 0.645. The monoisotopic (exact) mass is 295 g/mol. The first kappa shape index (κ1) is 15.1. The van der Waals surface area contributed by atoms with Gasteiger partial charge in [0.1, 0.15) is 5.75 Å². The van der Waals surface area contributed by atoms with E-state index in [2.05, 4.69) is 59.9 Å². The van der Waals surface area contributed by atoms with Gasteiger partial charge in [-0.2, -0.15) is 0 Å². The van der Waals surface area contributed by atoms with Crippen LogP contribution in [0, 0.1) is 0 Å². The zero-order chi connectivity index (χ0) is 15.0. The highest BCUT2D eigenvalue weighted by molar-refractivity contribution is 5.31. The van der Waals surface area contributed by atoms with Gasteiger partial charge < -0.3 is 10.1 Å². The SMILES string of the molecule is c1ccc(Cc2ccc(OCCC3CCCCN3)cc2)cc1. The van der Waals surface area contributed by atoms with E-state index in [1.165, 1.54) is 36.9 Å². The first-order chi connectivity index (χ1) is 10.9. The number of hydrogen-bond acceptors (Lipinski definition) is 2.